The third kappa shape index (κ3) is 4.11. The van der Waals surface area contributed by atoms with E-state index in [9.17, 15) is 13.2 Å². The normalized spacial score (nSPS) is 24.1. The van der Waals surface area contributed by atoms with Crippen LogP contribution in [0.4, 0.5) is 5.69 Å². The van der Waals surface area contributed by atoms with E-state index in [1.54, 1.807) is 0 Å². The van der Waals surface area contributed by atoms with Crippen LogP contribution in [0.2, 0.25) is 0 Å². The fourth-order valence-corrected chi connectivity index (χ4v) is 7.92. The molecule has 1 fully saturated rings. The van der Waals surface area contributed by atoms with Crippen LogP contribution in [0.1, 0.15) is 16.7 Å². The molecule has 1 amide bonds. The highest BCUT2D eigenvalue weighted by molar-refractivity contribution is 8.15. The average molecular weight is 442 g/mol. The van der Waals surface area contributed by atoms with Gasteiger partial charge in [0.2, 0.25) is 5.91 Å². The van der Waals surface area contributed by atoms with Crippen LogP contribution < -0.4 is 5.32 Å². The van der Waals surface area contributed by atoms with Crippen LogP contribution in [0.3, 0.4) is 0 Å². The molecule has 0 spiro atoms. The van der Waals surface area contributed by atoms with Crippen molar-refractivity contribution in [2.75, 3.05) is 23.4 Å². The lowest BCUT2D eigenvalue weighted by molar-refractivity contribution is -0.131. The number of fused-ring (bicyclic) bond motifs is 2. The summed E-state index contributed by atoms with van der Waals surface area (Å²) in [6, 6.07) is 16.0. The fraction of sp³-hybridized carbons (Fsp3) is 0.364. The highest BCUT2D eigenvalue weighted by Crippen LogP contribution is 2.34. The second-order valence-corrected chi connectivity index (χ2v) is 11.4. The van der Waals surface area contributed by atoms with Crippen LogP contribution in [0.5, 0.6) is 0 Å². The standard InChI is InChI=1S/C22H23N3O3S2/c26-21(25-10-9-16-3-1-2-4-17(16)12-25)11-15-5-7-18(8-6-15)23-22-24-19-13-30(27,28)14-20(19)29-22/h1-8,19-20H,9-14H2,(H,23,24)/t19-,20+/m1/s1. The molecule has 5 rings (SSSR count). The van der Waals surface area contributed by atoms with Crippen LogP contribution in [0, 0.1) is 0 Å². The van der Waals surface area contributed by atoms with Gasteiger partial charge >= 0.3 is 0 Å². The maximum atomic E-state index is 12.7. The number of benzene rings is 2. The summed E-state index contributed by atoms with van der Waals surface area (Å²) in [5, 5.41) is 4.08. The van der Waals surface area contributed by atoms with Gasteiger partial charge in [-0.2, -0.15) is 0 Å². The van der Waals surface area contributed by atoms with Gasteiger partial charge in [0.25, 0.3) is 0 Å². The molecule has 2 aromatic carbocycles. The van der Waals surface area contributed by atoms with Crippen molar-refractivity contribution in [2.45, 2.75) is 30.7 Å². The van der Waals surface area contributed by atoms with E-state index in [2.05, 4.69) is 28.5 Å². The van der Waals surface area contributed by atoms with E-state index >= 15 is 0 Å². The molecule has 3 aliphatic heterocycles. The second kappa shape index (κ2) is 7.74. The van der Waals surface area contributed by atoms with Crippen molar-refractivity contribution in [1.82, 2.24) is 4.90 Å². The molecule has 0 radical (unpaired) electrons. The number of nitrogens with one attached hydrogen (secondary N) is 1. The van der Waals surface area contributed by atoms with Gasteiger partial charge in [-0.1, -0.05) is 48.2 Å². The zero-order valence-electron chi connectivity index (χ0n) is 16.5. The number of amidine groups is 1. The number of aliphatic imine (C=N–C) groups is 1. The van der Waals surface area contributed by atoms with Crippen molar-refractivity contribution in [3.05, 3.63) is 65.2 Å². The van der Waals surface area contributed by atoms with E-state index in [4.69, 9.17) is 0 Å². The van der Waals surface area contributed by atoms with Crippen LogP contribution in [-0.2, 0) is 34.0 Å². The summed E-state index contributed by atoms with van der Waals surface area (Å²) >= 11 is 1.51. The van der Waals surface area contributed by atoms with E-state index < -0.39 is 9.84 Å². The van der Waals surface area contributed by atoms with Gasteiger partial charge in [-0.05, 0) is 35.2 Å². The summed E-state index contributed by atoms with van der Waals surface area (Å²) in [5.74, 6) is 0.506. The predicted octanol–water partition coefficient (Wildman–Crippen LogP) is 2.49. The lowest BCUT2D eigenvalue weighted by atomic mass is 9.99. The number of sulfone groups is 1. The number of anilines is 1. The molecular formula is C22H23N3O3S2. The number of hydrogen-bond acceptors (Lipinski definition) is 6. The Morgan fingerprint density at radius 3 is 2.63 bits per heavy atom. The zero-order valence-corrected chi connectivity index (χ0v) is 18.1. The van der Waals surface area contributed by atoms with Gasteiger partial charge in [-0.3, -0.25) is 9.79 Å². The maximum Gasteiger partial charge on any atom is 0.227 e. The van der Waals surface area contributed by atoms with Crippen LogP contribution in [0.15, 0.2) is 53.5 Å². The summed E-state index contributed by atoms with van der Waals surface area (Å²) in [7, 11) is -2.94. The quantitative estimate of drug-likeness (QED) is 0.792. The molecule has 30 heavy (non-hydrogen) atoms. The minimum absolute atomic E-state index is 0.0315. The molecule has 1 N–H and O–H groups in total. The molecule has 3 aliphatic rings. The van der Waals surface area contributed by atoms with Gasteiger partial charge in [0, 0.05) is 24.0 Å². The first kappa shape index (κ1) is 19.6. The van der Waals surface area contributed by atoms with E-state index in [0.29, 0.717) is 13.0 Å². The number of hydrogen-bond donors (Lipinski definition) is 1. The minimum Gasteiger partial charge on any atom is -0.338 e. The predicted molar refractivity (Wildman–Crippen MR) is 121 cm³/mol. The number of nitrogens with zero attached hydrogens (tertiary/aromatic N) is 2. The molecule has 156 valence electrons. The summed E-state index contributed by atoms with van der Waals surface area (Å²) < 4.78 is 23.4. The topological polar surface area (TPSA) is 78.8 Å². The summed E-state index contributed by atoms with van der Waals surface area (Å²) in [5.41, 5.74) is 4.45. The lowest BCUT2D eigenvalue weighted by Gasteiger charge is -2.29. The van der Waals surface area contributed by atoms with Gasteiger partial charge in [-0.15, -0.1) is 0 Å². The Morgan fingerprint density at radius 2 is 1.87 bits per heavy atom. The van der Waals surface area contributed by atoms with Crippen LogP contribution in [0.25, 0.3) is 0 Å². The first-order chi connectivity index (χ1) is 14.4. The van der Waals surface area contributed by atoms with Gasteiger partial charge in [0.15, 0.2) is 15.0 Å². The molecule has 0 aromatic heterocycles. The largest absolute Gasteiger partial charge is 0.338 e. The van der Waals surface area contributed by atoms with Crippen molar-refractivity contribution >= 4 is 38.4 Å². The van der Waals surface area contributed by atoms with Gasteiger partial charge in [0.1, 0.15) is 0 Å². The number of amides is 1. The Bertz CT molecular complexity index is 1110. The summed E-state index contributed by atoms with van der Waals surface area (Å²) in [4.78, 5) is 19.2. The smallest absolute Gasteiger partial charge is 0.227 e. The lowest BCUT2D eigenvalue weighted by Crippen LogP contribution is -2.36. The SMILES string of the molecule is O=C(Cc1ccc(NC2=N[C@@H]3CS(=O)(=O)C[C@@H]3S2)cc1)N1CCc2ccccc2C1. The van der Waals surface area contributed by atoms with E-state index in [0.717, 1.165) is 29.4 Å². The highest BCUT2D eigenvalue weighted by atomic mass is 32.2. The van der Waals surface area contributed by atoms with E-state index in [1.807, 2.05) is 35.2 Å². The van der Waals surface area contributed by atoms with Crippen molar-refractivity contribution in [1.29, 1.82) is 0 Å². The zero-order chi connectivity index (χ0) is 20.7. The molecule has 0 unspecified atom stereocenters. The fourth-order valence-electron chi connectivity index (χ4n) is 4.24. The maximum absolute atomic E-state index is 12.7. The first-order valence-corrected chi connectivity index (χ1v) is 12.8. The van der Waals surface area contributed by atoms with Crippen LogP contribution in [-0.4, -0.2) is 53.7 Å². The van der Waals surface area contributed by atoms with E-state index in [1.165, 1.54) is 22.9 Å². The van der Waals surface area contributed by atoms with Gasteiger partial charge in [0.05, 0.1) is 24.0 Å². The Hall–Kier alpha value is -2.32. The van der Waals surface area contributed by atoms with E-state index in [-0.39, 0.29) is 28.7 Å². The Balaban J connectivity index is 1.18. The number of thioether (sulfide) groups is 1. The summed E-state index contributed by atoms with van der Waals surface area (Å²) in [6.07, 6.45) is 1.30. The summed E-state index contributed by atoms with van der Waals surface area (Å²) in [6.45, 7) is 1.45. The molecule has 2 aromatic rings. The Kier molecular flexibility index (Phi) is 5.06. The molecule has 1 saturated heterocycles. The Labute approximate surface area is 180 Å². The number of carbonyl (C=O) groups is 1. The molecule has 8 heteroatoms. The third-order valence-corrected chi connectivity index (χ3v) is 9.00. The van der Waals surface area contributed by atoms with Gasteiger partial charge in [-0.25, -0.2) is 8.42 Å². The Morgan fingerprint density at radius 1 is 1.10 bits per heavy atom. The molecule has 0 saturated carbocycles. The second-order valence-electron chi connectivity index (χ2n) is 8.07. The molecular weight excluding hydrogens is 418 g/mol. The monoisotopic (exact) mass is 441 g/mol. The first-order valence-electron chi connectivity index (χ1n) is 10.1. The highest BCUT2D eigenvalue weighted by Gasteiger charge is 2.42. The third-order valence-electron chi connectivity index (χ3n) is 5.86. The van der Waals surface area contributed by atoms with Crippen molar-refractivity contribution < 1.29 is 13.2 Å². The molecule has 3 heterocycles. The molecule has 2 atom stereocenters. The number of rotatable bonds is 3. The van der Waals surface area contributed by atoms with Crippen molar-refractivity contribution in [2.24, 2.45) is 4.99 Å². The molecule has 6 nitrogen and oxygen atoms in total. The minimum atomic E-state index is -2.94. The van der Waals surface area contributed by atoms with Crippen molar-refractivity contribution in [3.8, 4) is 0 Å². The number of carbonyl (C=O) groups excluding carboxylic acids is 1. The molecule has 0 aliphatic carbocycles. The van der Waals surface area contributed by atoms with Gasteiger partial charge < -0.3 is 10.2 Å². The molecule has 0 bridgehead atoms. The van der Waals surface area contributed by atoms with Crippen LogP contribution >= 0.6 is 11.8 Å². The van der Waals surface area contributed by atoms with Crippen molar-refractivity contribution in [3.63, 3.8) is 0 Å². The average Bonchev–Trinajstić information content (AvgIpc) is 3.21.